The Morgan fingerprint density at radius 3 is 2.21 bits per heavy atom. The highest BCUT2D eigenvalue weighted by Crippen LogP contribution is 2.50. The van der Waals surface area contributed by atoms with E-state index in [2.05, 4.69) is 53.0 Å². The molecule has 63 heavy (non-hydrogen) atoms. The van der Waals surface area contributed by atoms with Crippen LogP contribution in [0.25, 0.3) is 0 Å². The van der Waals surface area contributed by atoms with Crippen molar-refractivity contribution >= 4 is 61.3 Å². The van der Waals surface area contributed by atoms with E-state index in [1.165, 1.54) is 37.4 Å². The lowest BCUT2D eigenvalue weighted by molar-refractivity contribution is -0.105. The molecule has 4 N–H and O–H groups in total. The van der Waals surface area contributed by atoms with Crippen LogP contribution in [0.4, 0.5) is 19.3 Å². The van der Waals surface area contributed by atoms with Crippen molar-refractivity contribution in [3.8, 4) is 11.8 Å². The van der Waals surface area contributed by atoms with E-state index in [4.69, 9.17) is 61.4 Å². The van der Waals surface area contributed by atoms with Gasteiger partial charge in [0.1, 0.15) is 29.4 Å². The summed E-state index contributed by atoms with van der Waals surface area (Å²) >= 11 is 11.9. The van der Waals surface area contributed by atoms with Gasteiger partial charge in [-0.15, -0.1) is 0 Å². The number of halogens is 4. The first kappa shape index (κ1) is 53.0. The number of carbonyl (C=O) groups is 3. The lowest BCUT2D eigenvalue weighted by atomic mass is 9.64. The van der Waals surface area contributed by atoms with Crippen LogP contribution in [-0.4, -0.2) is 114 Å². The first-order valence-electron chi connectivity index (χ1n) is 19.3. The van der Waals surface area contributed by atoms with Gasteiger partial charge < -0.3 is 58.1 Å². The fourth-order valence-electron chi connectivity index (χ4n) is 6.46. The molecule has 3 atom stereocenters. The highest BCUT2D eigenvalue weighted by atomic mass is 35.5. The summed E-state index contributed by atoms with van der Waals surface area (Å²) in [5.74, 6) is -2.25. The molecule has 16 nitrogen and oxygen atoms in total. The molecule has 0 saturated carbocycles. The zero-order valence-electron chi connectivity index (χ0n) is 35.2. The maximum Gasteiger partial charge on any atom is 0.511 e. The Bertz CT molecular complexity index is 2070. The number of carbonyl (C=O) groups excluding carboxylic acids is 3. The number of amides is 1. The van der Waals surface area contributed by atoms with Crippen LogP contribution in [0.15, 0.2) is 54.6 Å². The fourth-order valence-corrected chi connectivity index (χ4v) is 7.16. The van der Waals surface area contributed by atoms with Gasteiger partial charge >= 0.3 is 12.1 Å². The van der Waals surface area contributed by atoms with E-state index in [0.29, 0.717) is 43.8 Å². The average molecular weight is 947 g/mol. The molecule has 21 heteroatoms. The second kappa shape index (κ2) is 25.8. The van der Waals surface area contributed by atoms with Gasteiger partial charge in [0.25, 0.3) is 0 Å². The number of hydrogen-bond donors (Lipinski definition) is 4. The predicted molar refractivity (Wildman–Crippen MR) is 231 cm³/mol. The summed E-state index contributed by atoms with van der Waals surface area (Å²) in [5, 5.41) is 16.4. The van der Waals surface area contributed by atoms with Crippen molar-refractivity contribution in [2.45, 2.75) is 44.6 Å². The smallest absolute Gasteiger partial charge is 0.495 e. The van der Waals surface area contributed by atoms with E-state index in [1.54, 1.807) is 24.3 Å². The Balaban J connectivity index is 0.000000342. The maximum absolute atomic E-state index is 15.0. The van der Waals surface area contributed by atoms with E-state index >= 15 is 4.39 Å². The van der Waals surface area contributed by atoms with Crippen LogP contribution in [0.2, 0.25) is 10.0 Å². The summed E-state index contributed by atoms with van der Waals surface area (Å²) in [6.07, 6.45) is 3.10. The van der Waals surface area contributed by atoms with Crippen molar-refractivity contribution in [3.05, 3.63) is 93.0 Å². The normalized spacial score (nSPS) is 17.2. The van der Waals surface area contributed by atoms with Crippen LogP contribution in [-0.2, 0) is 43.2 Å². The summed E-state index contributed by atoms with van der Waals surface area (Å²) in [7, 11) is -2.11. The first-order valence-corrected chi connectivity index (χ1v) is 21.9. The molecule has 0 spiro atoms. The van der Waals surface area contributed by atoms with Gasteiger partial charge in [-0.1, -0.05) is 62.2 Å². The molecule has 2 unspecified atom stereocenters. The molecule has 1 fully saturated rings. The number of nitriles is 1. The highest BCUT2D eigenvalue weighted by molar-refractivity contribution is 7.57. The van der Waals surface area contributed by atoms with E-state index in [1.807, 2.05) is 0 Å². The molecule has 1 saturated heterocycles. The van der Waals surface area contributed by atoms with E-state index in [0.717, 1.165) is 0 Å². The summed E-state index contributed by atoms with van der Waals surface area (Å²) < 4.78 is 69.5. The van der Waals surface area contributed by atoms with Gasteiger partial charge in [-0.3, -0.25) is 4.79 Å². The molecule has 1 amide bonds. The lowest BCUT2D eigenvalue weighted by Crippen LogP contribution is -2.44. The molecule has 4 rings (SSSR count). The molecule has 0 bridgehead atoms. The van der Waals surface area contributed by atoms with Crippen molar-refractivity contribution in [2.24, 2.45) is 5.41 Å². The number of methoxy groups -OCH3 is 1. The zero-order valence-corrected chi connectivity index (χ0v) is 37.6. The SMILES string of the molecule is C=P(O)(O)OCCOCCOCCOCCOC(=O)OCOC(=O)c1ccc(NC=O)c(OC)c1.CC(C)(C)CC1NCC(c2cccc(Cl)c2F)[C@@]1(C#N)c1ccc(Cl)cc1F. The monoisotopic (exact) mass is 945 g/mol. The Morgan fingerprint density at radius 2 is 1.62 bits per heavy atom. The number of benzene rings is 3. The Labute approximate surface area is 374 Å². The summed E-state index contributed by atoms with van der Waals surface area (Å²) in [6, 6.07) is 15.3. The first-order chi connectivity index (χ1) is 29.9. The second-order valence-electron chi connectivity index (χ2n) is 14.8. The highest BCUT2D eigenvalue weighted by Gasteiger charge is 2.55. The largest absolute Gasteiger partial charge is 0.511 e. The summed E-state index contributed by atoms with van der Waals surface area (Å²) in [4.78, 5) is 51.9. The molecular formula is C42H52Cl2F2N3O13P. The third-order valence-electron chi connectivity index (χ3n) is 9.14. The molecule has 3 aromatic carbocycles. The number of hydrogen-bond acceptors (Lipinski definition) is 15. The molecule has 1 aliphatic rings. The van der Waals surface area contributed by atoms with Crippen LogP contribution in [0.1, 0.15) is 54.6 Å². The number of esters is 1. The number of anilines is 1. The Hall–Kier alpha value is -4.38. The predicted octanol–water partition coefficient (Wildman–Crippen LogP) is 7.00. The minimum absolute atomic E-state index is 0.0137. The van der Waals surface area contributed by atoms with Crippen LogP contribution in [0.3, 0.4) is 0 Å². The molecular weight excluding hydrogens is 894 g/mol. The molecule has 1 aliphatic heterocycles. The van der Waals surface area contributed by atoms with Gasteiger partial charge in [0, 0.05) is 29.1 Å². The molecule has 0 aromatic heterocycles. The average Bonchev–Trinajstić information content (AvgIpc) is 3.57. The van der Waals surface area contributed by atoms with E-state index in [-0.39, 0.29) is 78.0 Å². The van der Waals surface area contributed by atoms with E-state index in [9.17, 15) is 24.0 Å². The van der Waals surface area contributed by atoms with Crippen LogP contribution in [0.5, 0.6) is 5.75 Å². The Morgan fingerprint density at radius 1 is 0.968 bits per heavy atom. The van der Waals surface area contributed by atoms with Gasteiger partial charge in [0.05, 0.1) is 75.7 Å². The van der Waals surface area contributed by atoms with Crippen molar-refractivity contribution in [2.75, 3.05) is 78.6 Å². The number of ether oxygens (including phenoxy) is 7. The second-order valence-corrected chi connectivity index (χ2v) is 17.3. The van der Waals surface area contributed by atoms with E-state index < -0.39 is 49.5 Å². The Kier molecular flexibility index (Phi) is 21.7. The quantitative estimate of drug-likeness (QED) is 0.0263. The molecule has 346 valence electrons. The van der Waals surface area contributed by atoms with Crippen LogP contribution < -0.4 is 15.4 Å². The van der Waals surface area contributed by atoms with Crippen molar-refractivity contribution in [1.82, 2.24) is 5.32 Å². The zero-order chi connectivity index (χ0) is 46.6. The van der Waals surface area contributed by atoms with Gasteiger partial charge in [0.15, 0.2) is 0 Å². The van der Waals surface area contributed by atoms with Gasteiger partial charge in [-0.05, 0) is 60.1 Å². The van der Waals surface area contributed by atoms with Crippen molar-refractivity contribution < 1.29 is 70.6 Å². The topological polar surface area (TPSA) is 213 Å². The minimum atomic E-state index is -3.48. The van der Waals surface area contributed by atoms with Crippen molar-refractivity contribution in [1.29, 1.82) is 5.26 Å². The van der Waals surface area contributed by atoms with Gasteiger partial charge in [0.2, 0.25) is 20.8 Å². The number of nitrogens with zero attached hydrogens (tertiary/aromatic N) is 1. The molecule has 0 aliphatic carbocycles. The third-order valence-corrected chi connectivity index (χ3v) is 10.3. The molecule has 0 radical (unpaired) electrons. The molecule has 3 aromatic rings. The van der Waals surface area contributed by atoms with Crippen molar-refractivity contribution in [3.63, 3.8) is 0 Å². The number of nitrogens with one attached hydrogen (secondary N) is 2. The molecule has 1 heterocycles. The number of rotatable bonds is 22. The standard InChI is InChI=1S/C22H22Cl2F2N2.C20H30NO13P/c1-21(2,3)10-19-22(12-27,15-8-7-13(23)9-18(15)25)16(11-28-19)14-5-4-6-17(24)20(14)26;1-27-18-13-16(3-4-17(18)21-14-22)19(23)32-15-33-20(24)31-11-9-29-7-5-28-6-8-30-10-12-34-35(2,25)26/h4-9,16,19,28H,10-11H2,1-3H3;3-4,13-14,25-26H,2,5-12,15H2,1H3,(H,21,22)/t16?,19?,22-;/m1./s1. The fraction of sp³-hybridized carbons (Fsp3) is 0.452. The van der Waals surface area contributed by atoms with Gasteiger partial charge in [-0.2, -0.15) is 5.26 Å². The van der Waals surface area contributed by atoms with Gasteiger partial charge in [-0.25, -0.2) is 18.4 Å². The third kappa shape index (κ3) is 16.9. The maximum atomic E-state index is 15.0. The summed E-state index contributed by atoms with van der Waals surface area (Å²) in [6.45, 7) is 7.21. The summed E-state index contributed by atoms with van der Waals surface area (Å²) in [5.41, 5.74) is -0.382. The minimum Gasteiger partial charge on any atom is -0.495 e. The lowest BCUT2D eigenvalue weighted by Gasteiger charge is -2.37. The van der Waals surface area contributed by atoms with Crippen LogP contribution in [0, 0.1) is 28.4 Å². The van der Waals surface area contributed by atoms with Crippen LogP contribution >= 0.6 is 30.8 Å².